The molecule has 0 spiro atoms. The Kier molecular flexibility index (Phi) is 5.63. The number of hydrogen-bond acceptors (Lipinski definition) is 4. The van der Waals surface area contributed by atoms with Gasteiger partial charge in [-0.1, -0.05) is 18.2 Å². The summed E-state index contributed by atoms with van der Waals surface area (Å²) in [6.45, 7) is 6.93. The van der Waals surface area contributed by atoms with Crippen LogP contribution in [0.4, 0.5) is 15.8 Å². The zero-order valence-electron chi connectivity index (χ0n) is 18.7. The maximum atomic E-state index is 13.9. The summed E-state index contributed by atoms with van der Waals surface area (Å²) < 4.78 is 19.4. The highest BCUT2D eigenvalue weighted by Gasteiger charge is 2.26. The van der Waals surface area contributed by atoms with Crippen molar-refractivity contribution in [3.8, 4) is 22.9 Å². The summed E-state index contributed by atoms with van der Waals surface area (Å²) >= 11 is 0. The summed E-state index contributed by atoms with van der Waals surface area (Å²) in [7, 11) is 1.55. The van der Waals surface area contributed by atoms with E-state index in [4.69, 9.17) is 4.74 Å². The number of anilines is 2. The van der Waals surface area contributed by atoms with Gasteiger partial charge in [-0.25, -0.2) is 4.39 Å². The molecule has 0 aromatic heterocycles. The maximum absolute atomic E-state index is 13.9. The Morgan fingerprint density at radius 3 is 2.62 bits per heavy atom. The molecule has 0 radical (unpaired) electrons. The van der Waals surface area contributed by atoms with Crippen LogP contribution in [0.1, 0.15) is 37.5 Å². The molecule has 1 heterocycles. The van der Waals surface area contributed by atoms with Crippen LogP contribution in [0.25, 0.3) is 16.7 Å². The molecule has 0 amide bonds. The lowest BCUT2D eigenvalue weighted by molar-refractivity contribution is 0.413. The highest BCUT2D eigenvalue weighted by molar-refractivity contribution is 5.88. The molecule has 32 heavy (non-hydrogen) atoms. The Morgan fingerprint density at radius 1 is 1.09 bits per heavy atom. The third kappa shape index (κ3) is 4.17. The standard InChI is InChI=1S/C27H26FN3O/c1-17-14-27(2,3)31-24-11-10-21(22-9-8-19(28)13-25(22)32-4)23(26(17)24)16-30-20-7-5-6-18(12-20)15-29/h5-14,30-31H,16H2,1-4H3. The smallest absolute Gasteiger partial charge is 0.129 e. The van der Waals surface area contributed by atoms with Crippen LogP contribution in [0.5, 0.6) is 5.75 Å². The number of ether oxygens (including phenoxy) is 1. The number of halogens is 1. The molecule has 0 atom stereocenters. The molecule has 4 rings (SSSR count). The van der Waals surface area contributed by atoms with Crippen molar-refractivity contribution in [2.24, 2.45) is 0 Å². The van der Waals surface area contributed by atoms with E-state index in [-0.39, 0.29) is 11.4 Å². The largest absolute Gasteiger partial charge is 0.496 e. The van der Waals surface area contributed by atoms with E-state index < -0.39 is 0 Å². The average molecular weight is 428 g/mol. The van der Waals surface area contributed by atoms with Crippen LogP contribution in [-0.2, 0) is 6.54 Å². The van der Waals surface area contributed by atoms with Gasteiger partial charge in [0.25, 0.3) is 0 Å². The summed E-state index contributed by atoms with van der Waals surface area (Å²) in [5, 5.41) is 16.3. The molecule has 0 fully saturated rings. The summed E-state index contributed by atoms with van der Waals surface area (Å²) in [4.78, 5) is 0. The lowest BCUT2D eigenvalue weighted by Crippen LogP contribution is -2.32. The Bertz CT molecular complexity index is 1250. The second-order valence-corrected chi connectivity index (χ2v) is 8.58. The Labute approximate surface area is 188 Å². The lowest BCUT2D eigenvalue weighted by Gasteiger charge is -2.33. The number of hydrogen-bond donors (Lipinski definition) is 2. The van der Waals surface area contributed by atoms with Crippen LogP contribution in [0.15, 0.2) is 60.7 Å². The molecular formula is C27H26FN3O. The van der Waals surface area contributed by atoms with Gasteiger partial charge in [0.1, 0.15) is 11.6 Å². The minimum atomic E-state index is -0.337. The predicted octanol–water partition coefficient (Wildman–Crippen LogP) is 6.59. The van der Waals surface area contributed by atoms with Gasteiger partial charge in [0.2, 0.25) is 0 Å². The van der Waals surface area contributed by atoms with Crippen LogP contribution < -0.4 is 15.4 Å². The molecule has 3 aromatic rings. The third-order valence-corrected chi connectivity index (χ3v) is 5.66. The SMILES string of the molecule is COc1cc(F)ccc1-c1ccc2c(c1CNc1cccc(C#N)c1)C(C)=CC(C)(C)N2. The van der Waals surface area contributed by atoms with Crippen LogP contribution in [0.2, 0.25) is 0 Å². The number of allylic oxidation sites excluding steroid dienone is 1. The molecule has 1 aliphatic heterocycles. The number of nitriles is 1. The van der Waals surface area contributed by atoms with Crippen molar-refractivity contribution in [1.29, 1.82) is 5.26 Å². The molecule has 0 aliphatic carbocycles. The zero-order valence-corrected chi connectivity index (χ0v) is 18.7. The fourth-order valence-corrected chi connectivity index (χ4v) is 4.41. The number of nitrogens with one attached hydrogen (secondary N) is 2. The molecule has 5 heteroatoms. The van der Waals surface area contributed by atoms with Crippen molar-refractivity contribution < 1.29 is 9.13 Å². The van der Waals surface area contributed by atoms with E-state index >= 15 is 0 Å². The summed E-state index contributed by atoms with van der Waals surface area (Å²) in [6.07, 6.45) is 2.22. The highest BCUT2D eigenvalue weighted by Crippen LogP contribution is 2.42. The Balaban J connectivity index is 1.86. The second kappa shape index (κ2) is 8.39. The van der Waals surface area contributed by atoms with E-state index in [2.05, 4.69) is 55.7 Å². The van der Waals surface area contributed by atoms with E-state index in [0.717, 1.165) is 33.6 Å². The molecule has 2 N–H and O–H groups in total. The molecule has 0 unspecified atom stereocenters. The van der Waals surface area contributed by atoms with Gasteiger partial charge >= 0.3 is 0 Å². The molecule has 162 valence electrons. The second-order valence-electron chi connectivity index (χ2n) is 8.58. The van der Waals surface area contributed by atoms with Gasteiger partial charge in [-0.15, -0.1) is 0 Å². The summed E-state index contributed by atoms with van der Waals surface area (Å²) in [5.41, 5.74) is 7.54. The molecule has 0 saturated carbocycles. The average Bonchev–Trinajstić information content (AvgIpc) is 2.76. The first-order valence-corrected chi connectivity index (χ1v) is 10.5. The van der Waals surface area contributed by atoms with Crippen molar-refractivity contribution in [3.63, 3.8) is 0 Å². The number of nitrogens with zero attached hydrogens (tertiary/aromatic N) is 1. The van der Waals surface area contributed by atoms with Gasteiger partial charge < -0.3 is 15.4 Å². The van der Waals surface area contributed by atoms with Gasteiger partial charge in [-0.3, -0.25) is 0 Å². The molecule has 4 nitrogen and oxygen atoms in total. The van der Waals surface area contributed by atoms with Crippen LogP contribution in [-0.4, -0.2) is 12.6 Å². The number of fused-ring (bicyclic) bond motifs is 1. The third-order valence-electron chi connectivity index (χ3n) is 5.66. The molecule has 1 aliphatic rings. The monoisotopic (exact) mass is 427 g/mol. The summed E-state index contributed by atoms with van der Waals surface area (Å²) in [6, 6.07) is 18.3. The number of rotatable bonds is 5. The number of benzene rings is 3. The van der Waals surface area contributed by atoms with Crippen LogP contribution in [0, 0.1) is 17.1 Å². The van der Waals surface area contributed by atoms with Crippen molar-refractivity contribution >= 4 is 16.9 Å². The van der Waals surface area contributed by atoms with E-state index in [1.807, 2.05) is 18.2 Å². The summed E-state index contributed by atoms with van der Waals surface area (Å²) in [5.74, 6) is 0.152. The minimum Gasteiger partial charge on any atom is -0.496 e. The molecule has 0 bridgehead atoms. The van der Waals surface area contributed by atoms with Gasteiger partial charge in [-0.2, -0.15) is 5.26 Å². The van der Waals surface area contributed by atoms with Crippen molar-refractivity contribution in [2.45, 2.75) is 32.9 Å². The van der Waals surface area contributed by atoms with Gasteiger partial charge in [0.05, 0.1) is 24.3 Å². The lowest BCUT2D eigenvalue weighted by atomic mass is 9.85. The fourth-order valence-electron chi connectivity index (χ4n) is 4.41. The van der Waals surface area contributed by atoms with E-state index in [1.165, 1.54) is 17.7 Å². The normalized spacial score (nSPS) is 13.9. The Hall–Kier alpha value is -3.78. The quantitative estimate of drug-likeness (QED) is 0.482. The Morgan fingerprint density at radius 2 is 1.88 bits per heavy atom. The zero-order chi connectivity index (χ0) is 22.9. The maximum Gasteiger partial charge on any atom is 0.129 e. The van der Waals surface area contributed by atoms with Crippen molar-refractivity contribution in [1.82, 2.24) is 0 Å². The van der Waals surface area contributed by atoms with Gasteiger partial charge in [-0.05, 0) is 73.9 Å². The van der Waals surface area contributed by atoms with Gasteiger partial charge in [0, 0.05) is 35.1 Å². The van der Waals surface area contributed by atoms with Crippen molar-refractivity contribution in [3.05, 3.63) is 83.2 Å². The fraction of sp³-hybridized carbons (Fsp3) is 0.222. The van der Waals surface area contributed by atoms with E-state index in [9.17, 15) is 9.65 Å². The first-order valence-electron chi connectivity index (χ1n) is 10.5. The molecule has 0 saturated heterocycles. The first-order chi connectivity index (χ1) is 15.3. The number of methoxy groups -OCH3 is 1. The molecule has 3 aromatic carbocycles. The van der Waals surface area contributed by atoms with E-state index in [0.29, 0.717) is 17.9 Å². The minimum absolute atomic E-state index is 0.155. The van der Waals surface area contributed by atoms with E-state index in [1.54, 1.807) is 19.2 Å². The van der Waals surface area contributed by atoms with Crippen molar-refractivity contribution in [2.75, 3.05) is 17.7 Å². The molecular weight excluding hydrogens is 401 g/mol. The highest BCUT2D eigenvalue weighted by atomic mass is 19.1. The predicted molar refractivity (Wildman–Crippen MR) is 128 cm³/mol. The topological polar surface area (TPSA) is 57.1 Å². The first kappa shape index (κ1) is 21.5. The van der Waals surface area contributed by atoms with Gasteiger partial charge in [0.15, 0.2) is 0 Å². The van der Waals surface area contributed by atoms with Crippen LogP contribution >= 0.6 is 0 Å². The van der Waals surface area contributed by atoms with Crippen LogP contribution in [0.3, 0.4) is 0 Å².